The summed E-state index contributed by atoms with van der Waals surface area (Å²) in [7, 11) is 0. The molecule has 0 bridgehead atoms. The summed E-state index contributed by atoms with van der Waals surface area (Å²) in [5.74, 6) is -1.45. The molecule has 0 aromatic heterocycles. The van der Waals surface area contributed by atoms with Crippen LogP contribution in [0.1, 0.15) is 0 Å². The molecular weight excluding hydrogens is 397 g/mol. The third kappa shape index (κ3) is 4.26. The first-order chi connectivity index (χ1) is 11.2. The Hall–Kier alpha value is -2.07. The Kier molecular flexibility index (Phi) is 5.50. The highest BCUT2D eigenvalue weighted by Gasteiger charge is 2.32. The van der Waals surface area contributed by atoms with Gasteiger partial charge in [0, 0.05) is 10.5 Å². The van der Waals surface area contributed by atoms with Gasteiger partial charge in [-0.25, -0.2) is 0 Å². The Morgan fingerprint density at radius 1 is 1.29 bits per heavy atom. The molecule has 0 unspecified atom stereocenters. The predicted molar refractivity (Wildman–Crippen MR) is 81.2 cm³/mol. The largest absolute Gasteiger partial charge is 0.482 e. The van der Waals surface area contributed by atoms with Gasteiger partial charge in [0.25, 0.3) is 11.8 Å². The molecule has 1 aliphatic heterocycles. The van der Waals surface area contributed by atoms with Crippen molar-refractivity contribution in [1.82, 2.24) is 4.90 Å². The summed E-state index contributed by atoms with van der Waals surface area (Å²) in [5, 5.41) is 11.5. The minimum Gasteiger partial charge on any atom is -0.482 e. The number of nitrogens with one attached hydrogen (secondary N) is 1. The van der Waals surface area contributed by atoms with Crippen LogP contribution < -0.4 is 10.1 Å². The molecule has 0 spiro atoms. The van der Waals surface area contributed by atoms with Gasteiger partial charge < -0.3 is 15.2 Å². The van der Waals surface area contributed by atoms with Crippen LogP contribution >= 0.6 is 15.9 Å². The first-order valence-corrected chi connectivity index (χ1v) is 7.45. The average Bonchev–Trinajstić information content (AvgIpc) is 2.75. The lowest BCUT2D eigenvalue weighted by molar-refractivity contribution is -0.153. The fourth-order valence-corrected chi connectivity index (χ4v) is 2.40. The standard InChI is InChI=1S/C14H12BrF3N2O4/c15-8-2-1-3-10(24-7-14(16,17)18)12(8)19-9-6-11(22)20(4-5-21)13(9)23/h1-3,6,19,21H,4-5,7H2. The number of halogens is 4. The van der Waals surface area contributed by atoms with Gasteiger partial charge in [0.05, 0.1) is 18.8 Å². The highest BCUT2D eigenvalue weighted by atomic mass is 79.9. The number of hydrogen-bond acceptors (Lipinski definition) is 5. The molecule has 1 aliphatic rings. The molecule has 2 amide bonds. The van der Waals surface area contributed by atoms with E-state index in [0.717, 1.165) is 11.0 Å². The number of rotatable bonds is 6. The maximum Gasteiger partial charge on any atom is 0.422 e. The smallest absolute Gasteiger partial charge is 0.422 e. The summed E-state index contributed by atoms with van der Waals surface area (Å²) >= 11 is 3.15. The maximum absolute atomic E-state index is 12.3. The van der Waals surface area contributed by atoms with Gasteiger partial charge in [-0.15, -0.1) is 0 Å². The lowest BCUT2D eigenvalue weighted by Crippen LogP contribution is -2.34. The molecule has 130 valence electrons. The van der Waals surface area contributed by atoms with Gasteiger partial charge in [0.15, 0.2) is 6.61 Å². The van der Waals surface area contributed by atoms with E-state index in [1.165, 1.54) is 18.2 Å². The van der Waals surface area contributed by atoms with Crippen molar-refractivity contribution in [2.75, 3.05) is 25.1 Å². The number of aliphatic hydroxyl groups is 1. The summed E-state index contributed by atoms with van der Waals surface area (Å²) in [5.41, 5.74) is -0.0443. The third-order valence-corrected chi connectivity index (χ3v) is 3.62. The molecule has 2 N–H and O–H groups in total. The molecule has 1 aromatic carbocycles. The second kappa shape index (κ2) is 7.22. The van der Waals surface area contributed by atoms with Crippen molar-refractivity contribution < 1.29 is 32.6 Å². The Morgan fingerprint density at radius 2 is 2.00 bits per heavy atom. The fraction of sp³-hybridized carbons (Fsp3) is 0.286. The molecule has 2 rings (SSSR count). The van der Waals surface area contributed by atoms with Gasteiger partial charge in [-0.2, -0.15) is 13.2 Å². The van der Waals surface area contributed by atoms with E-state index >= 15 is 0 Å². The van der Waals surface area contributed by atoms with E-state index in [9.17, 15) is 22.8 Å². The maximum atomic E-state index is 12.3. The topological polar surface area (TPSA) is 78.9 Å². The molecule has 6 nitrogen and oxygen atoms in total. The first-order valence-electron chi connectivity index (χ1n) is 6.66. The molecule has 0 atom stereocenters. The summed E-state index contributed by atoms with van der Waals surface area (Å²) < 4.78 is 42.1. The van der Waals surface area contributed by atoms with Crippen molar-refractivity contribution in [2.45, 2.75) is 6.18 Å². The van der Waals surface area contributed by atoms with Gasteiger partial charge in [-0.3, -0.25) is 14.5 Å². The third-order valence-electron chi connectivity index (χ3n) is 2.96. The van der Waals surface area contributed by atoms with Gasteiger partial charge in [-0.05, 0) is 28.1 Å². The zero-order valence-electron chi connectivity index (χ0n) is 12.1. The van der Waals surface area contributed by atoms with Crippen LogP contribution in [0.4, 0.5) is 18.9 Å². The number of para-hydroxylation sites is 1. The van der Waals surface area contributed by atoms with Crippen LogP contribution in [0.25, 0.3) is 0 Å². The van der Waals surface area contributed by atoms with Crippen molar-refractivity contribution in [3.63, 3.8) is 0 Å². The average molecular weight is 409 g/mol. The number of aliphatic hydroxyl groups excluding tert-OH is 1. The monoisotopic (exact) mass is 408 g/mol. The zero-order valence-corrected chi connectivity index (χ0v) is 13.6. The van der Waals surface area contributed by atoms with Crippen LogP contribution in [0, 0.1) is 0 Å². The van der Waals surface area contributed by atoms with Crippen LogP contribution in [0.5, 0.6) is 5.75 Å². The van der Waals surface area contributed by atoms with E-state index < -0.39 is 31.2 Å². The summed E-state index contributed by atoms with van der Waals surface area (Å²) in [6.45, 7) is -2.07. The molecule has 0 saturated heterocycles. The van der Waals surface area contributed by atoms with Crippen LogP contribution in [0.2, 0.25) is 0 Å². The first kappa shape index (κ1) is 18.3. The Bertz CT molecular complexity index is 691. The van der Waals surface area contributed by atoms with Crippen LogP contribution in [0.3, 0.4) is 0 Å². The number of carbonyl (C=O) groups is 2. The van der Waals surface area contributed by atoms with E-state index in [0.29, 0.717) is 4.47 Å². The second-order valence-electron chi connectivity index (χ2n) is 4.72. The number of imide groups is 1. The number of benzene rings is 1. The lowest BCUT2D eigenvalue weighted by atomic mass is 10.2. The number of amides is 2. The minimum absolute atomic E-state index is 0.0833. The molecule has 0 radical (unpaired) electrons. The Labute approximate surface area is 143 Å². The molecule has 1 aromatic rings. The predicted octanol–water partition coefficient (Wildman–Crippen LogP) is 2.05. The SMILES string of the molecule is O=C1C=C(Nc2c(Br)cccc2OCC(F)(F)F)C(=O)N1CCO. The molecule has 0 fully saturated rings. The number of hydrogen-bond donors (Lipinski definition) is 2. The van der Waals surface area contributed by atoms with Crippen LogP contribution in [-0.2, 0) is 9.59 Å². The number of β-amino-alcohol motifs (C(OH)–C–C–N with tert-alkyl or cyclic N) is 1. The van der Waals surface area contributed by atoms with Crippen LogP contribution in [-0.4, -0.2) is 47.8 Å². The minimum atomic E-state index is -4.52. The summed E-state index contributed by atoms with van der Waals surface area (Å²) in [4.78, 5) is 24.6. The molecule has 1 heterocycles. The molecular formula is C14H12BrF3N2O4. The summed E-state index contributed by atoms with van der Waals surface area (Å²) in [6, 6.07) is 4.30. The normalized spacial score (nSPS) is 14.9. The van der Waals surface area contributed by atoms with Crippen molar-refractivity contribution >= 4 is 33.4 Å². The fourth-order valence-electron chi connectivity index (χ4n) is 1.95. The van der Waals surface area contributed by atoms with Gasteiger partial charge >= 0.3 is 6.18 Å². The van der Waals surface area contributed by atoms with Crippen molar-refractivity contribution in [1.29, 1.82) is 0 Å². The number of carbonyl (C=O) groups excluding carboxylic acids is 2. The molecule has 0 aliphatic carbocycles. The molecule has 10 heteroatoms. The molecule has 0 saturated carbocycles. The van der Waals surface area contributed by atoms with E-state index in [4.69, 9.17) is 9.84 Å². The second-order valence-corrected chi connectivity index (χ2v) is 5.57. The van der Waals surface area contributed by atoms with E-state index in [1.54, 1.807) is 0 Å². The van der Waals surface area contributed by atoms with Gasteiger partial charge in [0.2, 0.25) is 0 Å². The highest BCUT2D eigenvalue weighted by molar-refractivity contribution is 9.10. The van der Waals surface area contributed by atoms with Gasteiger partial charge in [-0.1, -0.05) is 6.07 Å². The summed E-state index contributed by atoms with van der Waals surface area (Å²) in [6.07, 6.45) is -3.51. The van der Waals surface area contributed by atoms with E-state index in [1.807, 2.05) is 0 Å². The number of anilines is 1. The number of alkyl halides is 3. The van der Waals surface area contributed by atoms with Gasteiger partial charge in [0.1, 0.15) is 11.4 Å². The number of nitrogens with zero attached hydrogens (tertiary/aromatic N) is 1. The molecule has 24 heavy (non-hydrogen) atoms. The lowest BCUT2D eigenvalue weighted by Gasteiger charge is -2.17. The number of ether oxygens (including phenoxy) is 1. The zero-order chi connectivity index (χ0) is 17.9. The highest BCUT2D eigenvalue weighted by Crippen LogP contribution is 2.35. The van der Waals surface area contributed by atoms with Crippen molar-refractivity contribution in [3.05, 3.63) is 34.4 Å². The quantitative estimate of drug-likeness (QED) is 0.704. The van der Waals surface area contributed by atoms with E-state index in [2.05, 4.69) is 21.2 Å². The Balaban J connectivity index is 2.22. The van der Waals surface area contributed by atoms with Crippen molar-refractivity contribution in [2.24, 2.45) is 0 Å². The van der Waals surface area contributed by atoms with E-state index in [-0.39, 0.29) is 23.7 Å². The van der Waals surface area contributed by atoms with Crippen molar-refractivity contribution in [3.8, 4) is 5.75 Å². The van der Waals surface area contributed by atoms with Crippen LogP contribution in [0.15, 0.2) is 34.4 Å². The Morgan fingerprint density at radius 3 is 2.62 bits per heavy atom.